The van der Waals surface area contributed by atoms with Crippen LogP contribution in [0.4, 0.5) is 5.69 Å². The Morgan fingerprint density at radius 1 is 1.08 bits per heavy atom. The summed E-state index contributed by atoms with van der Waals surface area (Å²) in [5.74, 6) is -0.463. The first-order valence-electron chi connectivity index (χ1n) is 7.72. The number of para-hydroxylation sites is 1. The highest BCUT2D eigenvalue weighted by Crippen LogP contribution is 2.24. The lowest BCUT2D eigenvalue weighted by Crippen LogP contribution is -2.40. The maximum atomic E-state index is 12.7. The Balaban J connectivity index is 1.88. The minimum Gasteiger partial charge on any atom is -0.379 e. The number of carbonyl (C=O) groups excluding carboxylic acids is 1. The molecule has 25 heavy (non-hydrogen) atoms. The molecule has 0 radical (unpaired) electrons. The second-order valence-electron chi connectivity index (χ2n) is 5.48. The number of anilines is 1. The van der Waals surface area contributed by atoms with Gasteiger partial charge in [0.1, 0.15) is 0 Å². The third-order valence-electron chi connectivity index (χ3n) is 3.82. The van der Waals surface area contributed by atoms with Crippen LogP contribution in [0.15, 0.2) is 53.4 Å². The molecule has 1 saturated heterocycles. The number of sulfonamides is 1. The summed E-state index contributed by atoms with van der Waals surface area (Å²) in [6.07, 6.45) is 0. The van der Waals surface area contributed by atoms with E-state index < -0.39 is 15.9 Å². The standard InChI is InChI=1S/C17H17ClN2O4S/c18-16-7-6-14(25(22,23)20-8-10-24-11-9-20)12-15(16)17(21)19-13-4-2-1-3-5-13/h1-7,12H,8-11H2,(H,19,21). The van der Waals surface area contributed by atoms with Gasteiger partial charge in [0, 0.05) is 18.8 Å². The second-order valence-corrected chi connectivity index (χ2v) is 7.82. The molecule has 1 N–H and O–H groups in total. The zero-order chi connectivity index (χ0) is 17.9. The number of rotatable bonds is 4. The van der Waals surface area contributed by atoms with Gasteiger partial charge in [-0.05, 0) is 30.3 Å². The second kappa shape index (κ2) is 7.53. The van der Waals surface area contributed by atoms with Crippen LogP contribution in [0.2, 0.25) is 5.02 Å². The largest absolute Gasteiger partial charge is 0.379 e. The number of ether oxygens (including phenoxy) is 1. The van der Waals surface area contributed by atoms with E-state index in [1.54, 1.807) is 24.3 Å². The highest BCUT2D eigenvalue weighted by molar-refractivity contribution is 7.89. The molecule has 0 atom stereocenters. The van der Waals surface area contributed by atoms with Gasteiger partial charge in [-0.1, -0.05) is 29.8 Å². The molecule has 1 heterocycles. The molecule has 8 heteroatoms. The Morgan fingerprint density at radius 2 is 1.76 bits per heavy atom. The van der Waals surface area contributed by atoms with Gasteiger partial charge in [0.2, 0.25) is 10.0 Å². The molecule has 0 bridgehead atoms. The Morgan fingerprint density at radius 3 is 2.44 bits per heavy atom. The SMILES string of the molecule is O=C(Nc1ccccc1)c1cc(S(=O)(=O)N2CCOCC2)ccc1Cl. The summed E-state index contributed by atoms with van der Waals surface area (Å²) in [6, 6.07) is 13.0. The van der Waals surface area contributed by atoms with Gasteiger partial charge < -0.3 is 10.1 Å². The van der Waals surface area contributed by atoms with E-state index in [1.807, 2.05) is 6.07 Å². The highest BCUT2D eigenvalue weighted by Gasteiger charge is 2.27. The predicted octanol–water partition coefficient (Wildman–Crippen LogP) is 2.61. The van der Waals surface area contributed by atoms with Crippen LogP contribution in [-0.2, 0) is 14.8 Å². The number of hydrogen-bond donors (Lipinski definition) is 1. The van der Waals surface area contributed by atoms with Crippen molar-refractivity contribution in [1.29, 1.82) is 0 Å². The van der Waals surface area contributed by atoms with E-state index in [0.717, 1.165) is 0 Å². The molecule has 6 nitrogen and oxygen atoms in total. The van der Waals surface area contributed by atoms with Gasteiger partial charge in [0.15, 0.2) is 0 Å². The lowest BCUT2D eigenvalue weighted by Gasteiger charge is -2.26. The average Bonchev–Trinajstić information content (AvgIpc) is 2.63. The maximum Gasteiger partial charge on any atom is 0.257 e. The van der Waals surface area contributed by atoms with Crippen molar-refractivity contribution in [2.24, 2.45) is 0 Å². The lowest BCUT2D eigenvalue weighted by molar-refractivity contribution is 0.0730. The predicted molar refractivity (Wildman–Crippen MR) is 95.4 cm³/mol. The molecule has 0 unspecified atom stereocenters. The first-order valence-corrected chi connectivity index (χ1v) is 9.54. The van der Waals surface area contributed by atoms with Crippen molar-refractivity contribution in [2.75, 3.05) is 31.6 Å². The van der Waals surface area contributed by atoms with Gasteiger partial charge in [0.05, 0.1) is 28.7 Å². The van der Waals surface area contributed by atoms with E-state index in [4.69, 9.17) is 16.3 Å². The number of amides is 1. The Kier molecular flexibility index (Phi) is 5.39. The molecule has 1 amide bonds. The summed E-state index contributed by atoms with van der Waals surface area (Å²) in [5, 5.41) is 2.89. The Hall–Kier alpha value is -1.93. The molecule has 1 fully saturated rings. The molecule has 2 aromatic carbocycles. The highest BCUT2D eigenvalue weighted by atomic mass is 35.5. The first-order chi connectivity index (χ1) is 12.0. The van der Waals surface area contributed by atoms with Crippen LogP contribution in [0.25, 0.3) is 0 Å². The van der Waals surface area contributed by atoms with Crippen molar-refractivity contribution in [3.05, 3.63) is 59.1 Å². The van der Waals surface area contributed by atoms with Gasteiger partial charge >= 0.3 is 0 Å². The fraction of sp³-hybridized carbons (Fsp3) is 0.235. The van der Waals surface area contributed by atoms with Gasteiger partial charge in [-0.25, -0.2) is 8.42 Å². The minimum atomic E-state index is -3.69. The van der Waals surface area contributed by atoms with E-state index in [1.165, 1.54) is 22.5 Å². The number of carbonyl (C=O) groups is 1. The van der Waals surface area contributed by atoms with Crippen LogP contribution in [0, 0.1) is 0 Å². The molecule has 1 aliphatic rings. The van der Waals surface area contributed by atoms with Gasteiger partial charge in [-0.3, -0.25) is 4.79 Å². The molecule has 3 rings (SSSR count). The topological polar surface area (TPSA) is 75.7 Å². The van der Waals surface area contributed by atoms with E-state index >= 15 is 0 Å². The fourth-order valence-corrected chi connectivity index (χ4v) is 4.13. The lowest BCUT2D eigenvalue weighted by atomic mass is 10.2. The van der Waals surface area contributed by atoms with E-state index in [0.29, 0.717) is 18.9 Å². The minimum absolute atomic E-state index is 0.0389. The van der Waals surface area contributed by atoms with Gasteiger partial charge in [-0.15, -0.1) is 0 Å². The van der Waals surface area contributed by atoms with Crippen LogP contribution in [0.5, 0.6) is 0 Å². The quantitative estimate of drug-likeness (QED) is 0.884. The first kappa shape index (κ1) is 17.9. The number of morpholine rings is 1. The summed E-state index contributed by atoms with van der Waals surface area (Å²) in [5.41, 5.74) is 0.713. The number of hydrogen-bond acceptors (Lipinski definition) is 4. The van der Waals surface area contributed by atoms with Crippen LogP contribution >= 0.6 is 11.6 Å². The molecule has 0 aromatic heterocycles. The average molecular weight is 381 g/mol. The monoisotopic (exact) mass is 380 g/mol. The number of halogens is 1. The van der Waals surface area contributed by atoms with E-state index in [9.17, 15) is 13.2 Å². The molecule has 132 valence electrons. The van der Waals surface area contributed by atoms with E-state index in [-0.39, 0.29) is 28.6 Å². The van der Waals surface area contributed by atoms with Crippen molar-refractivity contribution in [1.82, 2.24) is 4.31 Å². The normalized spacial score (nSPS) is 15.7. The smallest absolute Gasteiger partial charge is 0.257 e. The third-order valence-corrected chi connectivity index (χ3v) is 6.05. The molecule has 0 spiro atoms. The summed E-state index contributed by atoms with van der Waals surface area (Å²) in [7, 11) is -3.69. The third kappa shape index (κ3) is 4.01. The van der Waals surface area contributed by atoms with Crippen molar-refractivity contribution < 1.29 is 17.9 Å². The summed E-state index contributed by atoms with van der Waals surface area (Å²) in [6.45, 7) is 1.29. The molecule has 1 aliphatic heterocycles. The molecule has 0 saturated carbocycles. The van der Waals surface area contributed by atoms with Crippen LogP contribution < -0.4 is 5.32 Å². The fourth-order valence-electron chi connectivity index (χ4n) is 2.49. The van der Waals surface area contributed by atoms with Gasteiger partial charge in [0.25, 0.3) is 5.91 Å². The van der Waals surface area contributed by atoms with Gasteiger partial charge in [-0.2, -0.15) is 4.31 Å². The number of nitrogens with zero attached hydrogens (tertiary/aromatic N) is 1. The summed E-state index contributed by atoms with van der Waals surface area (Å²) in [4.78, 5) is 12.5. The Bertz CT molecular complexity index is 865. The van der Waals surface area contributed by atoms with Crippen molar-refractivity contribution in [3.63, 3.8) is 0 Å². The van der Waals surface area contributed by atoms with E-state index in [2.05, 4.69) is 5.32 Å². The maximum absolute atomic E-state index is 12.7. The van der Waals surface area contributed by atoms with Crippen molar-refractivity contribution in [2.45, 2.75) is 4.90 Å². The molecular weight excluding hydrogens is 364 g/mol. The summed E-state index contributed by atoms with van der Waals surface area (Å²) >= 11 is 6.10. The zero-order valence-corrected chi connectivity index (χ0v) is 14.9. The van der Waals surface area contributed by atoms with Crippen molar-refractivity contribution in [3.8, 4) is 0 Å². The zero-order valence-electron chi connectivity index (χ0n) is 13.3. The van der Waals surface area contributed by atoms with Crippen LogP contribution in [0.3, 0.4) is 0 Å². The molecule has 0 aliphatic carbocycles. The van der Waals surface area contributed by atoms with Crippen molar-refractivity contribution >= 4 is 33.2 Å². The Labute approximate surface area is 151 Å². The number of benzene rings is 2. The summed E-state index contributed by atoms with van der Waals surface area (Å²) < 4.78 is 32.0. The molecule has 2 aromatic rings. The van der Waals surface area contributed by atoms with Crippen LogP contribution in [0.1, 0.15) is 10.4 Å². The number of nitrogens with one attached hydrogen (secondary N) is 1. The molecular formula is C17H17ClN2O4S. The van der Waals surface area contributed by atoms with Crippen LogP contribution in [-0.4, -0.2) is 44.9 Å².